The molecular formula is C16H18ClNO4. The lowest BCUT2D eigenvalue weighted by Gasteiger charge is -2.11. The van der Waals surface area contributed by atoms with Crippen LogP contribution >= 0.6 is 11.6 Å². The molecule has 0 spiro atoms. The standard InChI is InChI=1S/C16H18ClNO4/c1-3-22-16(20)13(9-18-11-5-6-11)15(19)12-8-10(17)4-7-14(12)21-2/h4,7-9,11,19H,3,5-6H2,1-2H3/b15-13-,18-9?. The van der Waals surface area contributed by atoms with Crippen molar-refractivity contribution in [3.05, 3.63) is 34.4 Å². The molecule has 5 nitrogen and oxygen atoms in total. The first-order chi connectivity index (χ1) is 10.6. The fourth-order valence-electron chi connectivity index (χ4n) is 1.83. The van der Waals surface area contributed by atoms with Crippen LogP contribution in [-0.4, -0.2) is 37.0 Å². The molecule has 6 heteroatoms. The summed E-state index contributed by atoms with van der Waals surface area (Å²) in [5.74, 6) is -0.489. The Kier molecular flexibility index (Phi) is 5.44. The second-order valence-electron chi connectivity index (χ2n) is 4.84. The first kappa shape index (κ1) is 16.4. The van der Waals surface area contributed by atoms with Gasteiger partial charge in [-0.1, -0.05) is 11.6 Å². The summed E-state index contributed by atoms with van der Waals surface area (Å²) in [6.45, 7) is 1.91. The fraction of sp³-hybridized carbons (Fsp3) is 0.375. The summed E-state index contributed by atoms with van der Waals surface area (Å²) in [4.78, 5) is 16.3. The SMILES string of the molecule is CCOC(=O)/C(C=NC1CC1)=C(\O)c1cc(Cl)ccc1OC. The molecule has 0 radical (unpaired) electrons. The number of rotatable bonds is 6. The van der Waals surface area contributed by atoms with Crippen LogP contribution in [0.2, 0.25) is 5.02 Å². The van der Waals surface area contributed by atoms with E-state index in [4.69, 9.17) is 21.1 Å². The predicted octanol–water partition coefficient (Wildman–Crippen LogP) is 3.41. The molecule has 0 amide bonds. The summed E-state index contributed by atoms with van der Waals surface area (Å²) in [5.41, 5.74) is 0.314. The Morgan fingerprint density at radius 2 is 2.23 bits per heavy atom. The van der Waals surface area contributed by atoms with Gasteiger partial charge in [0.2, 0.25) is 0 Å². The number of benzene rings is 1. The van der Waals surface area contributed by atoms with Crippen LogP contribution in [-0.2, 0) is 9.53 Å². The number of aliphatic hydroxyl groups excluding tert-OH is 1. The normalized spacial score (nSPS) is 15.6. The van der Waals surface area contributed by atoms with Crippen molar-refractivity contribution >= 4 is 29.5 Å². The van der Waals surface area contributed by atoms with Crippen LogP contribution in [0.5, 0.6) is 5.75 Å². The third-order valence-electron chi connectivity index (χ3n) is 3.13. The van der Waals surface area contributed by atoms with Gasteiger partial charge in [-0.25, -0.2) is 4.79 Å². The number of aliphatic hydroxyl groups is 1. The van der Waals surface area contributed by atoms with E-state index >= 15 is 0 Å². The molecule has 0 unspecified atom stereocenters. The highest BCUT2D eigenvalue weighted by atomic mass is 35.5. The Bertz CT molecular complexity index is 621. The molecule has 0 atom stereocenters. The molecule has 1 aliphatic rings. The van der Waals surface area contributed by atoms with Crippen molar-refractivity contribution in [1.82, 2.24) is 0 Å². The molecule has 0 aliphatic heterocycles. The maximum absolute atomic E-state index is 12.1. The van der Waals surface area contributed by atoms with Gasteiger partial charge in [-0.15, -0.1) is 0 Å². The number of aliphatic imine (C=N–C) groups is 1. The number of ether oxygens (including phenoxy) is 2. The first-order valence-corrected chi connectivity index (χ1v) is 7.42. The van der Waals surface area contributed by atoms with E-state index < -0.39 is 5.97 Å². The second-order valence-corrected chi connectivity index (χ2v) is 5.27. The summed E-state index contributed by atoms with van der Waals surface area (Å²) in [6.07, 6.45) is 3.35. The Morgan fingerprint density at radius 1 is 1.50 bits per heavy atom. The Hall–Kier alpha value is -2.01. The van der Waals surface area contributed by atoms with Crippen molar-refractivity contribution in [3.63, 3.8) is 0 Å². The summed E-state index contributed by atoms with van der Waals surface area (Å²) in [6, 6.07) is 5.01. The van der Waals surface area contributed by atoms with E-state index in [1.54, 1.807) is 19.1 Å². The van der Waals surface area contributed by atoms with Gasteiger partial charge in [-0.3, -0.25) is 4.99 Å². The number of nitrogens with zero attached hydrogens (tertiary/aromatic N) is 1. The van der Waals surface area contributed by atoms with Crippen LogP contribution in [0, 0.1) is 0 Å². The van der Waals surface area contributed by atoms with Gasteiger partial charge in [0.1, 0.15) is 17.1 Å². The molecule has 1 aromatic rings. The van der Waals surface area contributed by atoms with Crippen LogP contribution in [0.4, 0.5) is 0 Å². The summed E-state index contributed by atoms with van der Waals surface area (Å²) in [7, 11) is 1.47. The minimum Gasteiger partial charge on any atom is -0.506 e. The van der Waals surface area contributed by atoms with E-state index in [1.165, 1.54) is 19.4 Å². The fourth-order valence-corrected chi connectivity index (χ4v) is 2.01. The van der Waals surface area contributed by atoms with Crippen LogP contribution < -0.4 is 4.74 Å². The van der Waals surface area contributed by atoms with Crippen molar-refractivity contribution < 1.29 is 19.4 Å². The summed E-state index contributed by atoms with van der Waals surface area (Å²) >= 11 is 5.96. The molecule has 0 heterocycles. The van der Waals surface area contributed by atoms with E-state index in [0.717, 1.165) is 12.8 Å². The van der Waals surface area contributed by atoms with Crippen molar-refractivity contribution in [2.24, 2.45) is 4.99 Å². The highest BCUT2D eigenvalue weighted by Crippen LogP contribution is 2.30. The number of methoxy groups -OCH3 is 1. The van der Waals surface area contributed by atoms with Gasteiger partial charge in [-0.05, 0) is 38.0 Å². The van der Waals surface area contributed by atoms with Gasteiger partial charge in [0.25, 0.3) is 0 Å². The minimum atomic E-state index is -0.633. The van der Waals surface area contributed by atoms with Crippen molar-refractivity contribution in [2.45, 2.75) is 25.8 Å². The van der Waals surface area contributed by atoms with Gasteiger partial charge in [0, 0.05) is 11.2 Å². The molecule has 1 fully saturated rings. The van der Waals surface area contributed by atoms with E-state index in [1.807, 2.05) is 0 Å². The smallest absolute Gasteiger partial charge is 0.343 e. The molecule has 2 rings (SSSR count). The van der Waals surface area contributed by atoms with Crippen LogP contribution in [0.25, 0.3) is 5.76 Å². The average molecular weight is 324 g/mol. The third-order valence-corrected chi connectivity index (χ3v) is 3.36. The van der Waals surface area contributed by atoms with E-state index in [-0.39, 0.29) is 24.0 Å². The molecule has 0 saturated heterocycles. The molecule has 1 saturated carbocycles. The van der Waals surface area contributed by atoms with Gasteiger partial charge < -0.3 is 14.6 Å². The molecule has 1 aromatic carbocycles. The Labute approximate surface area is 134 Å². The lowest BCUT2D eigenvalue weighted by Crippen LogP contribution is -2.12. The second kappa shape index (κ2) is 7.31. The van der Waals surface area contributed by atoms with E-state index in [2.05, 4.69) is 4.99 Å². The zero-order chi connectivity index (χ0) is 16.1. The lowest BCUT2D eigenvalue weighted by molar-refractivity contribution is -0.137. The quantitative estimate of drug-likeness (QED) is 0.377. The summed E-state index contributed by atoms with van der Waals surface area (Å²) in [5, 5.41) is 10.9. The van der Waals surface area contributed by atoms with Gasteiger partial charge in [0.05, 0.1) is 25.3 Å². The molecule has 1 N–H and O–H groups in total. The van der Waals surface area contributed by atoms with Crippen molar-refractivity contribution in [2.75, 3.05) is 13.7 Å². The lowest BCUT2D eigenvalue weighted by atomic mass is 10.1. The van der Waals surface area contributed by atoms with E-state index in [9.17, 15) is 9.90 Å². The van der Waals surface area contributed by atoms with Crippen molar-refractivity contribution in [3.8, 4) is 5.75 Å². The Morgan fingerprint density at radius 3 is 2.82 bits per heavy atom. The molecular weight excluding hydrogens is 306 g/mol. The van der Waals surface area contributed by atoms with Gasteiger partial charge in [0.15, 0.2) is 0 Å². The maximum Gasteiger partial charge on any atom is 0.343 e. The van der Waals surface area contributed by atoms with Crippen LogP contribution in [0.15, 0.2) is 28.8 Å². The Balaban J connectivity index is 2.47. The van der Waals surface area contributed by atoms with Crippen LogP contribution in [0.1, 0.15) is 25.3 Å². The number of carbonyl (C=O) groups excluding carboxylic acids is 1. The van der Waals surface area contributed by atoms with Gasteiger partial charge in [-0.2, -0.15) is 0 Å². The monoisotopic (exact) mass is 323 g/mol. The topological polar surface area (TPSA) is 68.1 Å². The predicted molar refractivity (Wildman–Crippen MR) is 85.7 cm³/mol. The minimum absolute atomic E-state index is 0.00526. The molecule has 118 valence electrons. The maximum atomic E-state index is 12.1. The zero-order valence-electron chi connectivity index (χ0n) is 12.5. The average Bonchev–Trinajstić information content (AvgIpc) is 3.31. The number of esters is 1. The van der Waals surface area contributed by atoms with Crippen LogP contribution in [0.3, 0.4) is 0 Å². The summed E-state index contributed by atoms with van der Waals surface area (Å²) < 4.78 is 10.2. The number of hydrogen-bond donors (Lipinski definition) is 1. The zero-order valence-corrected chi connectivity index (χ0v) is 13.3. The third kappa shape index (κ3) is 4.01. The van der Waals surface area contributed by atoms with Gasteiger partial charge >= 0.3 is 5.97 Å². The highest BCUT2D eigenvalue weighted by Gasteiger charge is 2.23. The highest BCUT2D eigenvalue weighted by molar-refractivity contribution is 6.30. The number of carbonyl (C=O) groups is 1. The molecule has 0 bridgehead atoms. The number of hydrogen-bond acceptors (Lipinski definition) is 5. The van der Waals surface area contributed by atoms with Crippen molar-refractivity contribution in [1.29, 1.82) is 0 Å². The molecule has 0 aromatic heterocycles. The van der Waals surface area contributed by atoms with E-state index in [0.29, 0.717) is 16.3 Å². The number of halogens is 1. The largest absolute Gasteiger partial charge is 0.506 e. The first-order valence-electron chi connectivity index (χ1n) is 7.04. The molecule has 1 aliphatic carbocycles. The molecule has 22 heavy (non-hydrogen) atoms.